The molecule has 0 unspecified atom stereocenters. The average molecular weight is 136 g/mol. The van der Waals surface area contributed by atoms with E-state index in [9.17, 15) is 0 Å². The molecule has 56 valence electrons. The van der Waals surface area contributed by atoms with Crippen molar-refractivity contribution >= 4 is 0 Å². The van der Waals surface area contributed by atoms with Gasteiger partial charge in [0.15, 0.2) is 0 Å². The van der Waals surface area contributed by atoms with Gasteiger partial charge in [-0.25, -0.2) is 0 Å². The molecule has 0 bridgehead atoms. The van der Waals surface area contributed by atoms with Gasteiger partial charge in [-0.05, 0) is 26.2 Å². The summed E-state index contributed by atoms with van der Waals surface area (Å²) in [6.07, 6.45) is 9.80. The molecule has 0 saturated carbocycles. The fourth-order valence-corrected chi connectivity index (χ4v) is 1.46. The van der Waals surface area contributed by atoms with Crippen molar-refractivity contribution in [1.82, 2.24) is 0 Å². The van der Waals surface area contributed by atoms with Gasteiger partial charge in [0.1, 0.15) is 0 Å². The van der Waals surface area contributed by atoms with Gasteiger partial charge < -0.3 is 0 Å². The van der Waals surface area contributed by atoms with Crippen LogP contribution in [0, 0.1) is 0 Å². The molecule has 0 aromatic carbocycles. The van der Waals surface area contributed by atoms with Gasteiger partial charge in [0, 0.05) is 0 Å². The van der Waals surface area contributed by atoms with Gasteiger partial charge in [0.25, 0.3) is 0 Å². The maximum Gasteiger partial charge on any atom is -0.0282 e. The highest BCUT2D eigenvalue weighted by atomic mass is 14.1. The number of rotatable bonds is 2. The molecule has 0 heteroatoms. The Morgan fingerprint density at radius 2 is 2.30 bits per heavy atom. The van der Waals surface area contributed by atoms with E-state index in [0.29, 0.717) is 0 Å². The van der Waals surface area contributed by atoms with Gasteiger partial charge in [0.2, 0.25) is 0 Å². The smallest absolute Gasteiger partial charge is 0.0282 e. The largest absolute Gasteiger partial charge is 0.0813 e. The topological polar surface area (TPSA) is 0 Å². The van der Waals surface area contributed by atoms with E-state index in [1.165, 1.54) is 31.3 Å². The van der Waals surface area contributed by atoms with Crippen LogP contribution in [0.15, 0.2) is 23.3 Å². The zero-order valence-corrected chi connectivity index (χ0v) is 6.98. The van der Waals surface area contributed by atoms with Gasteiger partial charge >= 0.3 is 0 Å². The third kappa shape index (κ3) is 2.02. The van der Waals surface area contributed by atoms with Crippen LogP contribution < -0.4 is 0 Å². The molecule has 0 N–H and O–H groups in total. The summed E-state index contributed by atoms with van der Waals surface area (Å²) in [6.45, 7) is 4.43. The van der Waals surface area contributed by atoms with Crippen molar-refractivity contribution in [3.8, 4) is 0 Å². The zero-order chi connectivity index (χ0) is 7.40. The standard InChI is InChI=1S/C10H16/c1-3-5-10-7-4-6-9(2)8-10/h6,8H,3-5,7H2,1-2H3. The van der Waals surface area contributed by atoms with E-state index < -0.39 is 0 Å². The summed E-state index contributed by atoms with van der Waals surface area (Å²) < 4.78 is 0. The predicted octanol–water partition coefficient (Wildman–Crippen LogP) is 3.45. The Morgan fingerprint density at radius 3 is 2.90 bits per heavy atom. The molecule has 0 radical (unpaired) electrons. The van der Waals surface area contributed by atoms with E-state index in [4.69, 9.17) is 0 Å². The second kappa shape index (κ2) is 3.60. The van der Waals surface area contributed by atoms with Crippen molar-refractivity contribution in [3.63, 3.8) is 0 Å². The monoisotopic (exact) mass is 136 g/mol. The molecule has 0 nitrogen and oxygen atoms in total. The van der Waals surface area contributed by atoms with E-state index in [2.05, 4.69) is 26.0 Å². The Labute approximate surface area is 63.6 Å². The van der Waals surface area contributed by atoms with Gasteiger partial charge in [-0.1, -0.05) is 36.6 Å². The highest BCUT2D eigenvalue weighted by Gasteiger charge is 2.00. The van der Waals surface area contributed by atoms with E-state index in [1.54, 1.807) is 5.57 Å². The minimum Gasteiger partial charge on any atom is -0.0813 e. The third-order valence-electron chi connectivity index (χ3n) is 1.93. The highest BCUT2D eigenvalue weighted by Crippen LogP contribution is 2.20. The minimum absolute atomic E-state index is 1.26. The van der Waals surface area contributed by atoms with Crippen LogP contribution in [-0.2, 0) is 0 Å². The van der Waals surface area contributed by atoms with Gasteiger partial charge in [-0.15, -0.1) is 0 Å². The van der Waals surface area contributed by atoms with Crippen molar-refractivity contribution < 1.29 is 0 Å². The third-order valence-corrected chi connectivity index (χ3v) is 1.93. The summed E-state index contributed by atoms with van der Waals surface area (Å²) in [5.41, 5.74) is 3.09. The number of allylic oxidation sites excluding steroid dienone is 4. The van der Waals surface area contributed by atoms with Crippen molar-refractivity contribution in [2.75, 3.05) is 0 Å². The summed E-state index contributed by atoms with van der Waals surface area (Å²) in [7, 11) is 0. The molecule has 10 heavy (non-hydrogen) atoms. The van der Waals surface area contributed by atoms with Crippen LogP contribution in [0.5, 0.6) is 0 Å². The Kier molecular flexibility index (Phi) is 2.73. The Balaban J connectivity index is 2.51. The molecule has 0 saturated heterocycles. The van der Waals surface area contributed by atoms with E-state index >= 15 is 0 Å². The molecule has 0 aromatic rings. The van der Waals surface area contributed by atoms with Crippen LogP contribution in [0.1, 0.15) is 39.5 Å². The van der Waals surface area contributed by atoms with E-state index in [-0.39, 0.29) is 0 Å². The second-order valence-electron chi connectivity index (χ2n) is 3.04. The summed E-state index contributed by atoms with van der Waals surface area (Å²) >= 11 is 0. The first kappa shape index (κ1) is 7.59. The molecule has 0 aliphatic heterocycles. The van der Waals surface area contributed by atoms with Crippen LogP contribution in [-0.4, -0.2) is 0 Å². The lowest BCUT2D eigenvalue weighted by atomic mass is 9.97. The first-order chi connectivity index (χ1) is 4.83. The molecule has 1 aliphatic rings. The molecule has 0 aromatic heterocycles. The van der Waals surface area contributed by atoms with Crippen molar-refractivity contribution in [2.45, 2.75) is 39.5 Å². The fraction of sp³-hybridized carbons (Fsp3) is 0.600. The molecule has 0 fully saturated rings. The SMILES string of the molecule is CCCC1=CC(C)=CCC1. The van der Waals surface area contributed by atoms with E-state index in [0.717, 1.165) is 0 Å². The highest BCUT2D eigenvalue weighted by molar-refractivity contribution is 5.25. The summed E-state index contributed by atoms with van der Waals surface area (Å²) in [6, 6.07) is 0. The lowest BCUT2D eigenvalue weighted by Gasteiger charge is -2.09. The lowest BCUT2D eigenvalue weighted by Crippen LogP contribution is -1.89. The van der Waals surface area contributed by atoms with Crippen LogP contribution in [0.4, 0.5) is 0 Å². The molecular formula is C10H16. The van der Waals surface area contributed by atoms with Crippen LogP contribution in [0.25, 0.3) is 0 Å². The normalized spacial score (nSPS) is 18.2. The van der Waals surface area contributed by atoms with Crippen LogP contribution >= 0.6 is 0 Å². The van der Waals surface area contributed by atoms with Gasteiger partial charge in [-0.3, -0.25) is 0 Å². The van der Waals surface area contributed by atoms with Crippen molar-refractivity contribution in [2.24, 2.45) is 0 Å². The molecule has 0 atom stereocenters. The number of hydrogen-bond donors (Lipinski definition) is 0. The molecular weight excluding hydrogens is 120 g/mol. The van der Waals surface area contributed by atoms with E-state index in [1.807, 2.05) is 0 Å². The summed E-state index contributed by atoms with van der Waals surface area (Å²) in [5, 5.41) is 0. The first-order valence-corrected chi connectivity index (χ1v) is 4.19. The van der Waals surface area contributed by atoms with Gasteiger partial charge in [-0.2, -0.15) is 0 Å². The second-order valence-corrected chi connectivity index (χ2v) is 3.04. The molecule has 0 amide bonds. The molecule has 0 heterocycles. The summed E-state index contributed by atoms with van der Waals surface area (Å²) in [4.78, 5) is 0. The Hall–Kier alpha value is -0.520. The lowest BCUT2D eigenvalue weighted by molar-refractivity contribution is 0.815. The van der Waals surface area contributed by atoms with Crippen molar-refractivity contribution in [1.29, 1.82) is 0 Å². The minimum atomic E-state index is 1.26. The maximum atomic E-state index is 2.34. The predicted molar refractivity (Wildman–Crippen MR) is 46.0 cm³/mol. The summed E-state index contributed by atoms with van der Waals surface area (Å²) in [5.74, 6) is 0. The average Bonchev–Trinajstić information content (AvgIpc) is 1.88. The number of hydrogen-bond acceptors (Lipinski definition) is 0. The Bertz CT molecular complexity index is 161. The quantitative estimate of drug-likeness (QED) is 0.545. The van der Waals surface area contributed by atoms with Crippen LogP contribution in [0.2, 0.25) is 0 Å². The molecule has 0 spiro atoms. The molecule has 1 aliphatic carbocycles. The zero-order valence-electron chi connectivity index (χ0n) is 6.98. The van der Waals surface area contributed by atoms with Crippen LogP contribution in [0.3, 0.4) is 0 Å². The van der Waals surface area contributed by atoms with Crippen molar-refractivity contribution in [3.05, 3.63) is 23.3 Å². The first-order valence-electron chi connectivity index (χ1n) is 4.19. The maximum absolute atomic E-state index is 2.34. The molecule has 1 rings (SSSR count). The Morgan fingerprint density at radius 1 is 1.50 bits per heavy atom. The fourth-order valence-electron chi connectivity index (χ4n) is 1.46. The van der Waals surface area contributed by atoms with Gasteiger partial charge in [0.05, 0.1) is 0 Å².